The molecule has 1 aromatic rings. The fraction of sp³-hybridized carbons (Fsp3) is 0.529. The maximum absolute atomic E-state index is 12.5. The van der Waals surface area contributed by atoms with E-state index in [0.29, 0.717) is 25.9 Å². The first kappa shape index (κ1) is 15.6. The van der Waals surface area contributed by atoms with Gasteiger partial charge >= 0.3 is 12.0 Å². The van der Waals surface area contributed by atoms with Crippen molar-refractivity contribution in [2.24, 2.45) is 5.92 Å². The van der Waals surface area contributed by atoms with Crippen LogP contribution in [0.25, 0.3) is 0 Å². The minimum absolute atomic E-state index is 0.0490. The number of ether oxygens (including phenoxy) is 1. The zero-order valence-electron chi connectivity index (χ0n) is 13.2. The van der Waals surface area contributed by atoms with Gasteiger partial charge in [0.25, 0.3) is 0 Å². The van der Waals surface area contributed by atoms with Crippen molar-refractivity contribution < 1.29 is 19.4 Å². The van der Waals surface area contributed by atoms with Crippen molar-refractivity contribution in [2.45, 2.75) is 38.3 Å². The van der Waals surface area contributed by atoms with Crippen molar-refractivity contribution in [3.05, 3.63) is 29.8 Å². The van der Waals surface area contributed by atoms with E-state index in [1.807, 2.05) is 31.2 Å². The lowest BCUT2D eigenvalue weighted by Gasteiger charge is -2.34. The number of amides is 2. The van der Waals surface area contributed by atoms with E-state index in [2.05, 4.69) is 5.32 Å². The van der Waals surface area contributed by atoms with Crippen LogP contribution in [0.3, 0.4) is 0 Å². The van der Waals surface area contributed by atoms with Crippen molar-refractivity contribution in [1.29, 1.82) is 0 Å². The molecular formula is C17H22N2O4. The molecule has 23 heavy (non-hydrogen) atoms. The quantitative estimate of drug-likeness (QED) is 0.877. The summed E-state index contributed by atoms with van der Waals surface area (Å²) in [4.78, 5) is 25.2. The molecule has 6 heteroatoms. The number of rotatable bonds is 2. The molecule has 2 aliphatic rings. The third kappa shape index (κ3) is 3.41. The van der Waals surface area contributed by atoms with Crippen molar-refractivity contribution in [3.8, 4) is 5.75 Å². The first-order valence-electron chi connectivity index (χ1n) is 8.08. The van der Waals surface area contributed by atoms with Crippen molar-refractivity contribution in [1.82, 2.24) is 10.2 Å². The van der Waals surface area contributed by atoms with Gasteiger partial charge in [-0.2, -0.15) is 0 Å². The van der Waals surface area contributed by atoms with Gasteiger partial charge in [-0.05, 0) is 25.8 Å². The average Bonchev–Trinajstić information content (AvgIpc) is 2.54. The Morgan fingerprint density at radius 2 is 1.96 bits per heavy atom. The number of hydrogen-bond acceptors (Lipinski definition) is 3. The summed E-state index contributed by atoms with van der Waals surface area (Å²) in [6.45, 7) is 2.97. The molecule has 0 radical (unpaired) electrons. The number of hydrogen-bond donors (Lipinski definition) is 2. The minimum Gasteiger partial charge on any atom is -0.490 e. The van der Waals surface area contributed by atoms with Crippen LogP contribution >= 0.6 is 0 Å². The van der Waals surface area contributed by atoms with Gasteiger partial charge < -0.3 is 20.1 Å². The Kier molecular flexibility index (Phi) is 4.41. The number of aliphatic carboxylic acids is 1. The summed E-state index contributed by atoms with van der Waals surface area (Å²) in [5.41, 5.74) is 0.999. The van der Waals surface area contributed by atoms with Crippen molar-refractivity contribution in [2.75, 3.05) is 13.1 Å². The fourth-order valence-electron chi connectivity index (χ4n) is 3.31. The maximum atomic E-state index is 12.5. The highest BCUT2D eigenvalue weighted by atomic mass is 16.5. The van der Waals surface area contributed by atoms with Gasteiger partial charge in [0.2, 0.25) is 0 Å². The number of para-hydroxylation sites is 1. The Bertz CT molecular complexity index is 596. The molecule has 0 saturated carbocycles. The maximum Gasteiger partial charge on any atom is 0.317 e. The summed E-state index contributed by atoms with van der Waals surface area (Å²) in [7, 11) is 0. The Labute approximate surface area is 135 Å². The number of piperidine rings is 1. The molecule has 2 N–H and O–H groups in total. The summed E-state index contributed by atoms with van der Waals surface area (Å²) in [5, 5.41) is 12.1. The number of likely N-dealkylation sites (tertiary alicyclic amines) is 1. The summed E-state index contributed by atoms with van der Waals surface area (Å²) >= 11 is 0. The van der Waals surface area contributed by atoms with E-state index in [-0.39, 0.29) is 24.1 Å². The SMILES string of the molecule is C[C@@H]1C[C@@H](NC(=O)N2CCC(C(=O)O)CC2)c2ccccc2O1. The van der Waals surface area contributed by atoms with Crippen LogP contribution in [0, 0.1) is 5.92 Å². The van der Waals surface area contributed by atoms with E-state index in [4.69, 9.17) is 9.84 Å². The van der Waals surface area contributed by atoms with E-state index >= 15 is 0 Å². The molecular weight excluding hydrogens is 296 g/mol. The lowest BCUT2D eigenvalue weighted by Crippen LogP contribution is -2.47. The molecule has 0 aromatic heterocycles. The summed E-state index contributed by atoms with van der Waals surface area (Å²) in [6.07, 6.45) is 1.81. The van der Waals surface area contributed by atoms with Crippen LogP contribution in [-0.2, 0) is 4.79 Å². The van der Waals surface area contributed by atoms with Crippen LogP contribution in [0.4, 0.5) is 4.79 Å². The highest BCUT2D eigenvalue weighted by molar-refractivity contribution is 5.76. The predicted molar refractivity (Wildman–Crippen MR) is 84.4 cm³/mol. The topological polar surface area (TPSA) is 78.9 Å². The van der Waals surface area contributed by atoms with Gasteiger partial charge in [0.15, 0.2) is 0 Å². The Balaban J connectivity index is 1.64. The number of carboxylic acids is 1. The zero-order valence-corrected chi connectivity index (χ0v) is 13.2. The predicted octanol–water partition coefficient (Wildman–Crippen LogP) is 2.40. The number of carboxylic acid groups (broad SMARTS) is 1. The molecule has 6 nitrogen and oxygen atoms in total. The Hall–Kier alpha value is -2.24. The normalized spacial score (nSPS) is 24.5. The molecule has 0 unspecified atom stereocenters. The molecule has 3 rings (SSSR count). The number of fused-ring (bicyclic) bond motifs is 1. The minimum atomic E-state index is -0.766. The molecule has 2 amide bonds. The standard InChI is InChI=1S/C17H22N2O4/c1-11-10-14(13-4-2-3-5-15(13)23-11)18-17(22)19-8-6-12(7-9-19)16(20)21/h2-5,11-12,14H,6-10H2,1H3,(H,18,22)(H,20,21)/t11-,14-/m1/s1. The van der Waals surface area contributed by atoms with E-state index in [0.717, 1.165) is 17.7 Å². The largest absolute Gasteiger partial charge is 0.490 e. The molecule has 0 bridgehead atoms. The number of nitrogens with one attached hydrogen (secondary N) is 1. The van der Waals surface area contributed by atoms with Gasteiger partial charge in [-0.15, -0.1) is 0 Å². The van der Waals surface area contributed by atoms with Crippen LogP contribution in [0.15, 0.2) is 24.3 Å². The third-order valence-electron chi connectivity index (χ3n) is 4.62. The number of nitrogens with zero attached hydrogens (tertiary/aromatic N) is 1. The lowest BCUT2D eigenvalue weighted by atomic mass is 9.96. The average molecular weight is 318 g/mol. The van der Waals surface area contributed by atoms with Gasteiger partial charge in [-0.3, -0.25) is 4.79 Å². The molecule has 0 aliphatic carbocycles. The van der Waals surface area contributed by atoms with E-state index in [9.17, 15) is 9.59 Å². The second-order valence-corrected chi connectivity index (χ2v) is 6.30. The second-order valence-electron chi connectivity index (χ2n) is 6.30. The zero-order chi connectivity index (χ0) is 16.4. The first-order chi connectivity index (χ1) is 11.0. The van der Waals surface area contributed by atoms with Crippen LogP contribution in [-0.4, -0.2) is 41.2 Å². The van der Waals surface area contributed by atoms with Gasteiger partial charge in [0, 0.05) is 25.1 Å². The lowest BCUT2D eigenvalue weighted by molar-refractivity contribution is -0.143. The van der Waals surface area contributed by atoms with E-state index in [1.54, 1.807) is 4.90 Å². The molecule has 2 heterocycles. The van der Waals surface area contributed by atoms with Gasteiger partial charge in [-0.25, -0.2) is 4.79 Å². The van der Waals surface area contributed by atoms with E-state index in [1.165, 1.54) is 0 Å². The number of carbonyl (C=O) groups is 2. The van der Waals surface area contributed by atoms with Crippen LogP contribution in [0.5, 0.6) is 5.75 Å². The Morgan fingerprint density at radius 3 is 2.65 bits per heavy atom. The van der Waals surface area contributed by atoms with Crippen molar-refractivity contribution in [3.63, 3.8) is 0 Å². The van der Waals surface area contributed by atoms with Crippen LogP contribution in [0.2, 0.25) is 0 Å². The van der Waals surface area contributed by atoms with Gasteiger partial charge in [-0.1, -0.05) is 18.2 Å². The van der Waals surface area contributed by atoms with Gasteiger partial charge in [0.05, 0.1) is 18.1 Å². The molecule has 1 aromatic carbocycles. The molecule has 2 aliphatic heterocycles. The Morgan fingerprint density at radius 1 is 1.26 bits per heavy atom. The smallest absolute Gasteiger partial charge is 0.317 e. The van der Waals surface area contributed by atoms with E-state index < -0.39 is 5.97 Å². The number of urea groups is 1. The number of carbonyl (C=O) groups excluding carboxylic acids is 1. The number of benzene rings is 1. The molecule has 0 spiro atoms. The summed E-state index contributed by atoms with van der Waals surface area (Å²) < 4.78 is 5.80. The monoisotopic (exact) mass is 318 g/mol. The van der Waals surface area contributed by atoms with Crippen LogP contribution < -0.4 is 10.1 Å². The molecule has 1 fully saturated rings. The molecule has 1 saturated heterocycles. The highest BCUT2D eigenvalue weighted by Gasteiger charge is 2.31. The second kappa shape index (κ2) is 6.48. The first-order valence-corrected chi connectivity index (χ1v) is 8.08. The summed E-state index contributed by atoms with van der Waals surface area (Å²) in [5.74, 6) is -0.277. The third-order valence-corrected chi connectivity index (χ3v) is 4.62. The van der Waals surface area contributed by atoms with Crippen molar-refractivity contribution >= 4 is 12.0 Å². The molecule has 2 atom stereocenters. The fourth-order valence-corrected chi connectivity index (χ4v) is 3.31. The van der Waals surface area contributed by atoms with Crippen LogP contribution in [0.1, 0.15) is 37.8 Å². The summed E-state index contributed by atoms with van der Waals surface area (Å²) in [6, 6.07) is 7.57. The molecule has 124 valence electrons. The highest BCUT2D eigenvalue weighted by Crippen LogP contribution is 2.34. The van der Waals surface area contributed by atoms with Gasteiger partial charge in [0.1, 0.15) is 5.75 Å².